The Morgan fingerprint density at radius 3 is 2.50 bits per heavy atom. The average molecular weight is 313 g/mol. The first-order valence-electron chi connectivity index (χ1n) is 7.05. The van der Waals surface area contributed by atoms with Crippen LogP contribution < -0.4 is 10.1 Å². The van der Waals surface area contributed by atoms with Gasteiger partial charge >= 0.3 is 6.61 Å². The molecule has 0 bridgehead atoms. The van der Waals surface area contributed by atoms with Crippen LogP contribution in [0.5, 0.6) is 5.75 Å². The van der Waals surface area contributed by atoms with Crippen molar-refractivity contribution in [2.24, 2.45) is 5.92 Å². The van der Waals surface area contributed by atoms with Crippen LogP contribution in [0, 0.1) is 5.92 Å². The third-order valence-electron chi connectivity index (χ3n) is 2.90. The predicted molar refractivity (Wildman–Crippen MR) is 80.6 cm³/mol. The smallest absolute Gasteiger partial charge is 0.387 e. The van der Waals surface area contributed by atoms with Crippen molar-refractivity contribution >= 4 is 12.0 Å². The van der Waals surface area contributed by atoms with Crippen molar-refractivity contribution in [2.75, 3.05) is 6.54 Å². The summed E-state index contributed by atoms with van der Waals surface area (Å²) in [5, 5.41) is 12.0. The lowest BCUT2D eigenvalue weighted by Gasteiger charge is -2.13. The van der Waals surface area contributed by atoms with Crippen molar-refractivity contribution in [3.63, 3.8) is 0 Å². The number of nitrogens with one attached hydrogen (secondary N) is 1. The topological polar surface area (TPSA) is 58.6 Å². The van der Waals surface area contributed by atoms with Gasteiger partial charge in [-0.3, -0.25) is 4.79 Å². The van der Waals surface area contributed by atoms with Gasteiger partial charge in [-0.25, -0.2) is 0 Å². The molecule has 0 fully saturated rings. The van der Waals surface area contributed by atoms with E-state index < -0.39 is 12.7 Å². The van der Waals surface area contributed by atoms with Crippen molar-refractivity contribution in [1.29, 1.82) is 0 Å². The number of aliphatic hydroxyl groups excluding tert-OH is 1. The summed E-state index contributed by atoms with van der Waals surface area (Å²) in [6.07, 6.45) is 3.19. The summed E-state index contributed by atoms with van der Waals surface area (Å²) >= 11 is 0. The van der Waals surface area contributed by atoms with Gasteiger partial charge in [0.2, 0.25) is 5.91 Å². The molecular formula is C16H21F2NO3. The number of alkyl halides is 2. The number of carbonyl (C=O) groups is 1. The van der Waals surface area contributed by atoms with E-state index >= 15 is 0 Å². The molecule has 0 saturated heterocycles. The maximum absolute atomic E-state index is 12.0. The fourth-order valence-corrected chi connectivity index (χ4v) is 1.93. The minimum absolute atomic E-state index is 0.0727. The number of halogens is 2. The molecule has 0 saturated carbocycles. The highest BCUT2D eigenvalue weighted by Crippen LogP contribution is 2.15. The number of amides is 1. The van der Waals surface area contributed by atoms with Gasteiger partial charge in [-0.15, -0.1) is 0 Å². The molecule has 0 radical (unpaired) electrons. The number of rotatable bonds is 8. The van der Waals surface area contributed by atoms with E-state index in [-0.39, 0.29) is 17.6 Å². The van der Waals surface area contributed by atoms with E-state index in [1.165, 1.54) is 18.2 Å². The highest BCUT2D eigenvalue weighted by atomic mass is 19.3. The fourth-order valence-electron chi connectivity index (χ4n) is 1.93. The molecule has 1 amide bonds. The molecule has 0 aliphatic rings. The maximum atomic E-state index is 12.0. The summed E-state index contributed by atoms with van der Waals surface area (Å²) in [7, 11) is 0. The predicted octanol–water partition coefficient (Wildman–Crippen LogP) is 2.82. The van der Waals surface area contributed by atoms with Crippen LogP contribution in [0.3, 0.4) is 0 Å². The molecule has 4 nitrogen and oxygen atoms in total. The Morgan fingerprint density at radius 1 is 1.32 bits per heavy atom. The van der Waals surface area contributed by atoms with Gasteiger partial charge in [0.25, 0.3) is 0 Å². The van der Waals surface area contributed by atoms with Gasteiger partial charge in [-0.1, -0.05) is 19.1 Å². The zero-order valence-corrected chi connectivity index (χ0v) is 12.6. The van der Waals surface area contributed by atoms with Crippen molar-refractivity contribution in [3.05, 3.63) is 35.9 Å². The Kier molecular flexibility index (Phi) is 7.52. The Morgan fingerprint density at radius 2 is 1.95 bits per heavy atom. The van der Waals surface area contributed by atoms with Gasteiger partial charge in [0.1, 0.15) is 5.75 Å². The first-order chi connectivity index (χ1) is 10.4. The summed E-state index contributed by atoms with van der Waals surface area (Å²) in [6, 6.07) is 5.98. The normalized spacial score (nSPS) is 14.1. The largest absolute Gasteiger partial charge is 0.435 e. The Bertz CT molecular complexity index is 487. The lowest BCUT2D eigenvalue weighted by Crippen LogP contribution is -2.27. The van der Waals surface area contributed by atoms with Crippen LogP contribution in [0.15, 0.2) is 30.3 Å². The van der Waals surface area contributed by atoms with Crippen LogP contribution in [0.2, 0.25) is 0 Å². The Labute approximate surface area is 128 Å². The lowest BCUT2D eigenvalue weighted by molar-refractivity contribution is -0.116. The van der Waals surface area contributed by atoms with Crippen molar-refractivity contribution in [2.45, 2.75) is 33.0 Å². The zero-order chi connectivity index (χ0) is 16.5. The molecule has 2 unspecified atom stereocenters. The second-order valence-electron chi connectivity index (χ2n) is 5.22. The number of benzene rings is 1. The van der Waals surface area contributed by atoms with Crippen LogP contribution in [-0.4, -0.2) is 30.3 Å². The highest BCUT2D eigenvalue weighted by Gasteiger charge is 2.07. The van der Waals surface area contributed by atoms with Gasteiger partial charge in [0.05, 0.1) is 6.10 Å². The maximum Gasteiger partial charge on any atom is 0.387 e. The Hall–Kier alpha value is -1.95. The number of hydrogen-bond donors (Lipinski definition) is 2. The van der Waals surface area contributed by atoms with Crippen molar-refractivity contribution in [3.8, 4) is 5.75 Å². The minimum Gasteiger partial charge on any atom is -0.435 e. The molecule has 0 aliphatic heterocycles. The Balaban J connectivity index is 2.42. The molecule has 1 aromatic carbocycles. The molecule has 2 atom stereocenters. The summed E-state index contributed by atoms with van der Waals surface area (Å²) in [6.45, 7) is 1.28. The molecule has 1 aromatic rings. The van der Waals surface area contributed by atoms with Crippen LogP contribution in [-0.2, 0) is 4.79 Å². The minimum atomic E-state index is -2.85. The molecule has 0 heterocycles. The first-order valence-corrected chi connectivity index (χ1v) is 7.05. The van der Waals surface area contributed by atoms with E-state index in [1.54, 1.807) is 25.1 Å². The average Bonchev–Trinajstić information content (AvgIpc) is 2.43. The highest BCUT2D eigenvalue weighted by molar-refractivity contribution is 5.91. The monoisotopic (exact) mass is 313 g/mol. The van der Waals surface area contributed by atoms with E-state index in [4.69, 9.17) is 0 Å². The third kappa shape index (κ3) is 7.73. The summed E-state index contributed by atoms with van der Waals surface area (Å²) in [5.41, 5.74) is 0.703. The second kappa shape index (κ2) is 9.15. The zero-order valence-electron chi connectivity index (χ0n) is 12.6. The van der Waals surface area contributed by atoms with Gasteiger partial charge < -0.3 is 15.2 Å². The molecular weight excluding hydrogens is 292 g/mol. The quantitative estimate of drug-likeness (QED) is 0.726. The lowest BCUT2D eigenvalue weighted by atomic mass is 10.0. The summed E-state index contributed by atoms with van der Waals surface area (Å²) in [4.78, 5) is 11.6. The van der Waals surface area contributed by atoms with Gasteiger partial charge in [0.15, 0.2) is 0 Å². The molecule has 1 rings (SSSR count). The van der Waals surface area contributed by atoms with Crippen LogP contribution in [0.4, 0.5) is 8.78 Å². The fraction of sp³-hybridized carbons (Fsp3) is 0.438. The van der Waals surface area contributed by atoms with Gasteiger partial charge in [-0.05, 0) is 43.0 Å². The van der Waals surface area contributed by atoms with Crippen molar-refractivity contribution < 1.29 is 23.4 Å². The molecule has 0 aliphatic carbocycles. The van der Waals surface area contributed by atoms with E-state index in [2.05, 4.69) is 10.1 Å². The standard InChI is InChI=1S/C16H21F2NO3/c1-11(9-12(2)20)10-19-15(21)8-5-13-3-6-14(7-4-13)22-16(17)18/h3-8,11-12,16,20H,9-10H2,1-2H3,(H,19,21)/b8-5+. The van der Waals surface area contributed by atoms with E-state index in [0.29, 0.717) is 18.5 Å². The third-order valence-corrected chi connectivity index (χ3v) is 2.90. The van der Waals surface area contributed by atoms with E-state index in [9.17, 15) is 18.7 Å². The molecule has 22 heavy (non-hydrogen) atoms. The molecule has 6 heteroatoms. The number of ether oxygens (including phenoxy) is 1. The number of carbonyl (C=O) groups excluding carboxylic acids is 1. The van der Waals surface area contributed by atoms with E-state index in [1.807, 2.05) is 6.92 Å². The molecule has 0 spiro atoms. The second-order valence-corrected chi connectivity index (χ2v) is 5.22. The molecule has 122 valence electrons. The van der Waals surface area contributed by atoms with Gasteiger partial charge in [-0.2, -0.15) is 8.78 Å². The molecule has 2 N–H and O–H groups in total. The SMILES string of the molecule is CC(O)CC(C)CNC(=O)/C=C/c1ccc(OC(F)F)cc1. The van der Waals surface area contributed by atoms with Crippen LogP contribution in [0.25, 0.3) is 6.08 Å². The number of hydrogen-bond acceptors (Lipinski definition) is 3. The van der Waals surface area contributed by atoms with Crippen LogP contribution in [0.1, 0.15) is 25.8 Å². The first kappa shape index (κ1) is 18.1. The van der Waals surface area contributed by atoms with Crippen molar-refractivity contribution in [1.82, 2.24) is 5.32 Å². The van der Waals surface area contributed by atoms with Crippen LogP contribution >= 0.6 is 0 Å². The summed E-state index contributed by atoms with van der Waals surface area (Å²) < 4.78 is 28.2. The van der Waals surface area contributed by atoms with E-state index in [0.717, 1.165) is 0 Å². The van der Waals surface area contributed by atoms with Gasteiger partial charge in [0, 0.05) is 12.6 Å². The number of aliphatic hydroxyl groups is 1. The molecule has 0 aromatic heterocycles. The summed E-state index contributed by atoms with van der Waals surface area (Å²) in [5.74, 6) is 0.0111.